The molecular formula is C13H16N2O2. The average molecular weight is 232 g/mol. The SMILES string of the molecule is CC(C#N)CN(C)CC(=O)c1ccc(O)cc1. The standard InChI is InChI=1S/C13H16N2O2/c1-10(7-14)8-15(2)9-13(17)11-3-5-12(16)6-4-11/h3-6,10,16H,8-9H2,1-2H3. The number of aromatic hydroxyl groups is 1. The van der Waals surface area contributed by atoms with Crippen molar-refractivity contribution in [2.45, 2.75) is 6.92 Å². The van der Waals surface area contributed by atoms with E-state index in [2.05, 4.69) is 6.07 Å². The van der Waals surface area contributed by atoms with Crippen LogP contribution in [0.4, 0.5) is 0 Å². The lowest BCUT2D eigenvalue weighted by atomic mass is 10.1. The van der Waals surface area contributed by atoms with Crippen LogP contribution in [-0.2, 0) is 0 Å². The van der Waals surface area contributed by atoms with Gasteiger partial charge in [0.25, 0.3) is 0 Å². The van der Waals surface area contributed by atoms with E-state index in [4.69, 9.17) is 10.4 Å². The molecule has 0 fully saturated rings. The van der Waals surface area contributed by atoms with Crippen molar-refractivity contribution in [3.8, 4) is 11.8 Å². The number of nitrogens with zero attached hydrogens (tertiary/aromatic N) is 2. The molecule has 4 heteroatoms. The van der Waals surface area contributed by atoms with E-state index in [1.165, 1.54) is 12.1 Å². The zero-order chi connectivity index (χ0) is 12.8. The number of phenols is 1. The Morgan fingerprint density at radius 1 is 1.47 bits per heavy atom. The molecule has 0 saturated carbocycles. The van der Waals surface area contributed by atoms with Gasteiger partial charge in [-0.1, -0.05) is 0 Å². The largest absolute Gasteiger partial charge is 0.508 e. The molecule has 1 unspecified atom stereocenters. The van der Waals surface area contributed by atoms with Crippen molar-refractivity contribution in [3.63, 3.8) is 0 Å². The quantitative estimate of drug-likeness (QED) is 0.784. The molecule has 0 heterocycles. The minimum atomic E-state index is -0.0902. The molecule has 0 bridgehead atoms. The zero-order valence-electron chi connectivity index (χ0n) is 10.1. The molecule has 1 atom stereocenters. The number of benzene rings is 1. The van der Waals surface area contributed by atoms with Crippen LogP contribution < -0.4 is 0 Å². The predicted molar refractivity (Wildman–Crippen MR) is 64.7 cm³/mol. The van der Waals surface area contributed by atoms with Gasteiger partial charge in [0, 0.05) is 12.1 Å². The molecule has 1 aromatic rings. The highest BCUT2D eigenvalue weighted by molar-refractivity contribution is 5.97. The van der Waals surface area contributed by atoms with Gasteiger partial charge in [-0.3, -0.25) is 9.69 Å². The summed E-state index contributed by atoms with van der Waals surface area (Å²) in [5, 5.41) is 17.8. The van der Waals surface area contributed by atoms with Gasteiger partial charge in [0.1, 0.15) is 5.75 Å². The molecule has 1 aromatic carbocycles. The summed E-state index contributed by atoms with van der Waals surface area (Å²) in [5.74, 6) is 0.0401. The molecular weight excluding hydrogens is 216 g/mol. The highest BCUT2D eigenvalue weighted by Gasteiger charge is 2.11. The lowest BCUT2D eigenvalue weighted by Crippen LogP contribution is -2.29. The molecule has 1 N–H and O–H groups in total. The van der Waals surface area contributed by atoms with Gasteiger partial charge < -0.3 is 5.11 Å². The number of hydrogen-bond acceptors (Lipinski definition) is 4. The summed E-state index contributed by atoms with van der Waals surface area (Å²) >= 11 is 0. The number of rotatable bonds is 5. The first kappa shape index (κ1) is 13.2. The molecule has 0 radical (unpaired) electrons. The molecule has 0 aromatic heterocycles. The lowest BCUT2D eigenvalue weighted by molar-refractivity contribution is 0.0943. The molecule has 0 amide bonds. The Balaban J connectivity index is 2.55. The molecule has 90 valence electrons. The van der Waals surface area contributed by atoms with Gasteiger partial charge in [-0.25, -0.2) is 0 Å². The van der Waals surface area contributed by atoms with Crippen LogP contribution in [0.15, 0.2) is 24.3 Å². The molecule has 0 spiro atoms. The molecule has 4 nitrogen and oxygen atoms in total. The van der Waals surface area contributed by atoms with Gasteiger partial charge in [-0.15, -0.1) is 0 Å². The van der Waals surface area contributed by atoms with E-state index in [9.17, 15) is 4.79 Å². The number of likely N-dealkylation sites (N-methyl/N-ethyl adjacent to an activating group) is 1. The average Bonchev–Trinajstić information content (AvgIpc) is 2.29. The van der Waals surface area contributed by atoms with Gasteiger partial charge in [-0.2, -0.15) is 5.26 Å². The van der Waals surface area contributed by atoms with Crippen molar-refractivity contribution in [1.82, 2.24) is 4.90 Å². The minimum Gasteiger partial charge on any atom is -0.508 e. The van der Waals surface area contributed by atoms with Crippen LogP contribution in [0.2, 0.25) is 0 Å². The van der Waals surface area contributed by atoms with Crippen molar-refractivity contribution >= 4 is 5.78 Å². The van der Waals surface area contributed by atoms with Crippen LogP contribution in [0.1, 0.15) is 17.3 Å². The first-order valence-electron chi connectivity index (χ1n) is 5.43. The Kier molecular flexibility index (Phi) is 4.68. The van der Waals surface area contributed by atoms with E-state index < -0.39 is 0 Å². The Morgan fingerprint density at radius 3 is 2.59 bits per heavy atom. The second-order valence-electron chi connectivity index (χ2n) is 4.20. The van der Waals surface area contributed by atoms with Gasteiger partial charge in [0.2, 0.25) is 0 Å². The Morgan fingerprint density at radius 2 is 2.06 bits per heavy atom. The van der Waals surface area contributed by atoms with Gasteiger partial charge in [0.15, 0.2) is 5.78 Å². The van der Waals surface area contributed by atoms with Gasteiger partial charge in [-0.05, 0) is 38.2 Å². The summed E-state index contributed by atoms with van der Waals surface area (Å²) < 4.78 is 0. The van der Waals surface area contributed by atoms with Crippen LogP contribution in [0.5, 0.6) is 5.75 Å². The van der Waals surface area contributed by atoms with E-state index in [0.717, 1.165) is 0 Å². The van der Waals surface area contributed by atoms with Crippen molar-refractivity contribution in [1.29, 1.82) is 5.26 Å². The fraction of sp³-hybridized carbons (Fsp3) is 0.385. The van der Waals surface area contributed by atoms with Crippen molar-refractivity contribution in [2.24, 2.45) is 5.92 Å². The third kappa shape index (κ3) is 4.25. The molecule has 0 aliphatic rings. The Bertz CT molecular complexity index is 420. The summed E-state index contributed by atoms with van der Waals surface area (Å²) in [6, 6.07) is 8.31. The third-order valence-electron chi connectivity index (χ3n) is 2.41. The Hall–Kier alpha value is -1.86. The monoisotopic (exact) mass is 232 g/mol. The van der Waals surface area contributed by atoms with Crippen molar-refractivity contribution in [2.75, 3.05) is 20.1 Å². The van der Waals surface area contributed by atoms with Crippen LogP contribution in [0, 0.1) is 17.2 Å². The first-order valence-corrected chi connectivity index (χ1v) is 5.43. The predicted octanol–water partition coefficient (Wildman–Crippen LogP) is 1.67. The van der Waals surface area contributed by atoms with Crippen LogP contribution in [0.3, 0.4) is 0 Å². The maximum atomic E-state index is 11.8. The third-order valence-corrected chi connectivity index (χ3v) is 2.41. The second-order valence-corrected chi connectivity index (χ2v) is 4.20. The van der Waals surface area contributed by atoms with Crippen molar-refractivity contribution < 1.29 is 9.90 Å². The minimum absolute atomic E-state index is 0.0161. The fourth-order valence-corrected chi connectivity index (χ4v) is 1.56. The fourth-order valence-electron chi connectivity index (χ4n) is 1.56. The normalized spacial score (nSPS) is 12.1. The van der Waals surface area contributed by atoms with Crippen LogP contribution >= 0.6 is 0 Å². The first-order chi connectivity index (χ1) is 8.02. The van der Waals surface area contributed by atoms with E-state index in [-0.39, 0.29) is 24.0 Å². The number of ketones is 1. The van der Waals surface area contributed by atoms with Crippen molar-refractivity contribution in [3.05, 3.63) is 29.8 Å². The molecule has 0 aliphatic carbocycles. The van der Waals surface area contributed by atoms with Gasteiger partial charge in [0.05, 0.1) is 18.5 Å². The summed E-state index contributed by atoms with van der Waals surface area (Å²) in [4.78, 5) is 13.7. The zero-order valence-corrected chi connectivity index (χ0v) is 10.1. The highest BCUT2D eigenvalue weighted by Crippen LogP contribution is 2.10. The smallest absolute Gasteiger partial charge is 0.176 e. The van der Waals surface area contributed by atoms with Gasteiger partial charge >= 0.3 is 0 Å². The second kappa shape index (κ2) is 6.02. The van der Waals surface area contributed by atoms with E-state index in [1.54, 1.807) is 12.1 Å². The molecule has 17 heavy (non-hydrogen) atoms. The van der Waals surface area contributed by atoms with E-state index in [0.29, 0.717) is 12.1 Å². The van der Waals surface area contributed by atoms with E-state index in [1.807, 2.05) is 18.9 Å². The summed E-state index contributed by atoms with van der Waals surface area (Å²) in [6.07, 6.45) is 0. The Labute approximate surface area is 101 Å². The number of carbonyl (C=O) groups excluding carboxylic acids is 1. The highest BCUT2D eigenvalue weighted by atomic mass is 16.3. The molecule has 1 rings (SSSR count). The maximum absolute atomic E-state index is 11.8. The summed E-state index contributed by atoms with van der Waals surface area (Å²) in [7, 11) is 1.81. The van der Waals surface area contributed by atoms with Crippen LogP contribution in [0.25, 0.3) is 0 Å². The number of Topliss-reactive ketones (excluding diaryl/α,β-unsaturated/α-hetero) is 1. The number of hydrogen-bond donors (Lipinski definition) is 1. The topological polar surface area (TPSA) is 64.3 Å². The number of carbonyl (C=O) groups is 1. The number of nitriles is 1. The lowest BCUT2D eigenvalue weighted by Gasteiger charge is -2.16. The molecule has 0 saturated heterocycles. The summed E-state index contributed by atoms with van der Waals surface area (Å²) in [6.45, 7) is 2.67. The van der Waals surface area contributed by atoms with Crippen LogP contribution in [-0.4, -0.2) is 35.9 Å². The van der Waals surface area contributed by atoms with E-state index >= 15 is 0 Å². The maximum Gasteiger partial charge on any atom is 0.176 e. The number of phenolic OH excluding ortho intramolecular Hbond substituents is 1. The molecule has 0 aliphatic heterocycles. The summed E-state index contributed by atoms with van der Waals surface area (Å²) in [5.41, 5.74) is 0.569.